The van der Waals surface area contributed by atoms with Crippen molar-refractivity contribution in [2.75, 3.05) is 5.73 Å². The standard InChI is InChI=1S/C21H25NO3/c1-13(2)18-11-16(21(12-20(18)24)25-14(3)4)7-10-19(23)15-5-8-17(22)9-6-15/h5-14,24H,22H2,1-4H3. The monoisotopic (exact) mass is 339 g/mol. The number of rotatable bonds is 6. The molecule has 0 radical (unpaired) electrons. The van der Waals surface area contributed by atoms with Gasteiger partial charge in [0.1, 0.15) is 11.5 Å². The molecule has 0 aromatic heterocycles. The molecule has 0 fully saturated rings. The van der Waals surface area contributed by atoms with Gasteiger partial charge in [-0.25, -0.2) is 0 Å². The molecule has 0 saturated carbocycles. The quantitative estimate of drug-likeness (QED) is 0.451. The fourth-order valence-electron chi connectivity index (χ4n) is 2.46. The number of benzene rings is 2. The molecule has 0 aliphatic heterocycles. The van der Waals surface area contributed by atoms with E-state index in [0.717, 1.165) is 11.1 Å². The Bertz CT molecular complexity index is 774. The van der Waals surface area contributed by atoms with E-state index in [2.05, 4.69) is 0 Å². The molecule has 4 nitrogen and oxygen atoms in total. The van der Waals surface area contributed by atoms with Crippen LogP contribution in [0, 0.1) is 0 Å². The molecule has 2 aromatic rings. The van der Waals surface area contributed by atoms with E-state index < -0.39 is 0 Å². The molecule has 0 aliphatic rings. The number of phenolic OH excluding ortho intramolecular Hbond substituents is 1. The molecule has 25 heavy (non-hydrogen) atoms. The van der Waals surface area contributed by atoms with Gasteiger partial charge in [0, 0.05) is 22.9 Å². The van der Waals surface area contributed by atoms with Gasteiger partial charge < -0.3 is 15.6 Å². The number of anilines is 1. The molecule has 132 valence electrons. The number of allylic oxidation sites excluding steroid dienone is 1. The summed E-state index contributed by atoms with van der Waals surface area (Å²) in [6.07, 6.45) is 3.20. The summed E-state index contributed by atoms with van der Waals surface area (Å²) in [4.78, 5) is 12.3. The molecular formula is C21H25NO3. The van der Waals surface area contributed by atoms with Gasteiger partial charge in [0.05, 0.1) is 6.10 Å². The maximum atomic E-state index is 12.3. The summed E-state index contributed by atoms with van der Waals surface area (Å²) >= 11 is 0. The van der Waals surface area contributed by atoms with Crippen molar-refractivity contribution in [3.05, 3.63) is 59.2 Å². The van der Waals surface area contributed by atoms with Crippen LogP contribution in [0.15, 0.2) is 42.5 Å². The first-order valence-electron chi connectivity index (χ1n) is 8.39. The third-order valence-corrected chi connectivity index (χ3v) is 3.75. The Morgan fingerprint density at radius 3 is 2.32 bits per heavy atom. The third-order valence-electron chi connectivity index (χ3n) is 3.75. The van der Waals surface area contributed by atoms with E-state index in [0.29, 0.717) is 17.0 Å². The third kappa shape index (κ3) is 4.86. The zero-order valence-electron chi connectivity index (χ0n) is 15.1. The molecule has 0 amide bonds. The highest BCUT2D eigenvalue weighted by molar-refractivity contribution is 6.07. The van der Waals surface area contributed by atoms with E-state index in [-0.39, 0.29) is 23.6 Å². The summed E-state index contributed by atoms with van der Waals surface area (Å²) in [6.45, 7) is 7.84. The molecule has 0 heterocycles. The first-order chi connectivity index (χ1) is 11.8. The number of carbonyl (C=O) groups is 1. The molecule has 0 atom stereocenters. The van der Waals surface area contributed by atoms with Crippen molar-refractivity contribution in [3.63, 3.8) is 0 Å². The van der Waals surface area contributed by atoms with E-state index in [4.69, 9.17) is 10.5 Å². The molecule has 2 aromatic carbocycles. The predicted molar refractivity (Wildman–Crippen MR) is 102 cm³/mol. The van der Waals surface area contributed by atoms with Crippen molar-refractivity contribution < 1.29 is 14.6 Å². The van der Waals surface area contributed by atoms with E-state index >= 15 is 0 Å². The summed E-state index contributed by atoms with van der Waals surface area (Å²) in [5, 5.41) is 10.2. The van der Waals surface area contributed by atoms with Crippen LogP contribution in [0.25, 0.3) is 6.08 Å². The number of nitrogens with two attached hydrogens (primary N) is 1. The van der Waals surface area contributed by atoms with Gasteiger partial charge in [-0.1, -0.05) is 13.8 Å². The van der Waals surface area contributed by atoms with Gasteiger partial charge >= 0.3 is 0 Å². The maximum absolute atomic E-state index is 12.3. The van der Waals surface area contributed by atoms with Gasteiger partial charge in [-0.15, -0.1) is 0 Å². The first kappa shape index (κ1) is 18.6. The molecule has 3 N–H and O–H groups in total. The first-order valence-corrected chi connectivity index (χ1v) is 8.39. The van der Waals surface area contributed by atoms with Crippen LogP contribution in [0.4, 0.5) is 5.69 Å². The molecule has 0 bridgehead atoms. The van der Waals surface area contributed by atoms with Crippen molar-refractivity contribution in [1.29, 1.82) is 0 Å². The lowest BCUT2D eigenvalue weighted by atomic mass is 9.98. The average molecular weight is 339 g/mol. The van der Waals surface area contributed by atoms with Gasteiger partial charge in [0.15, 0.2) is 5.78 Å². The maximum Gasteiger partial charge on any atom is 0.185 e. The number of ether oxygens (including phenoxy) is 1. The molecule has 0 unspecified atom stereocenters. The highest BCUT2D eigenvalue weighted by Gasteiger charge is 2.13. The van der Waals surface area contributed by atoms with Crippen LogP contribution in [0.2, 0.25) is 0 Å². The highest BCUT2D eigenvalue weighted by Crippen LogP contribution is 2.34. The average Bonchev–Trinajstić information content (AvgIpc) is 2.53. The molecule has 0 saturated heterocycles. The fraction of sp³-hybridized carbons (Fsp3) is 0.286. The van der Waals surface area contributed by atoms with Crippen LogP contribution in [0.1, 0.15) is 55.1 Å². The largest absolute Gasteiger partial charge is 0.508 e. The van der Waals surface area contributed by atoms with Crippen LogP contribution >= 0.6 is 0 Å². The lowest BCUT2D eigenvalue weighted by Gasteiger charge is -2.16. The second-order valence-electron chi connectivity index (χ2n) is 6.59. The van der Waals surface area contributed by atoms with Crippen molar-refractivity contribution >= 4 is 17.5 Å². The number of carbonyl (C=O) groups excluding carboxylic acids is 1. The Hall–Kier alpha value is -2.75. The zero-order chi connectivity index (χ0) is 18.6. The van der Waals surface area contributed by atoms with E-state index in [1.807, 2.05) is 33.8 Å². The van der Waals surface area contributed by atoms with Gasteiger partial charge in [0.2, 0.25) is 0 Å². The Balaban J connectivity index is 2.36. The molecule has 4 heteroatoms. The normalized spacial score (nSPS) is 11.4. The SMILES string of the molecule is CC(C)Oc1cc(O)c(C(C)C)cc1C=CC(=O)c1ccc(N)cc1. The van der Waals surface area contributed by atoms with E-state index in [1.165, 1.54) is 6.08 Å². The number of aromatic hydroxyl groups is 1. The van der Waals surface area contributed by atoms with Gasteiger partial charge in [0.25, 0.3) is 0 Å². The minimum Gasteiger partial charge on any atom is -0.508 e. The lowest BCUT2D eigenvalue weighted by Crippen LogP contribution is -2.07. The zero-order valence-corrected chi connectivity index (χ0v) is 15.1. The van der Waals surface area contributed by atoms with Crippen LogP contribution in [-0.4, -0.2) is 17.0 Å². The van der Waals surface area contributed by atoms with Crippen molar-refractivity contribution in [2.45, 2.75) is 39.7 Å². The number of hydrogen-bond donors (Lipinski definition) is 2. The second kappa shape index (κ2) is 7.88. The minimum atomic E-state index is -0.116. The smallest absolute Gasteiger partial charge is 0.185 e. The summed E-state index contributed by atoms with van der Waals surface area (Å²) in [6, 6.07) is 10.3. The Morgan fingerprint density at radius 2 is 1.76 bits per heavy atom. The van der Waals surface area contributed by atoms with Gasteiger partial charge in [-0.05, 0) is 67.8 Å². The minimum absolute atomic E-state index is 0.0377. The van der Waals surface area contributed by atoms with Gasteiger partial charge in [-0.2, -0.15) is 0 Å². The van der Waals surface area contributed by atoms with Crippen molar-refractivity contribution in [2.24, 2.45) is 0 Å². The number of ketones is 1. The molecule has 2 rings (SSSR count). The number of nitrogen functional groups attached to an aromatic ring is 1. The highest BCUT2D eigenvalue weighted by atomic mass is 16.5. The van der Waals surface area contributed by atoms with Gasteiger partial charge in [-0.3, -0.25) is 4.79 Å². The van der Waals surface area contributed by atoms with Crippen LogP contribution < -0.4 is 10.5 Å². The number of phenols is 1. The van der Waals surface area contributed by atoms with Crippen molar-refractivity contribution in [1.82, 2.24) is 0 Å². The Morgan fingerprint density at radius 1 is 1.12 bits per heavy atom. The summed E-state index contributed by atoms with van der Waals surface area (Å²) < 4.78 is 5.78. The Kier molecular flexibility index (Phi) is 5.86. The predicted octanol–water partition coefficient (Wildman–Crippen LogP) is 4.78. The van der Waals surface area contributed by atoms with Crippen LogP contribution in [-0.2, 0) is 0 Å². The van der Waals surface area contributed by atoms with Crippen molar-refractivity contribution in [3.8, 4) is 11.5 Å². The van der Waals surface area contributed by atoms with E-state index in [9.17, 15) is 9.90 Å². The lowest BCUT2D eigenvalue weighted by molar-refractivity contribution is 0.104. The molecule has 0 spiro atoms. The van der Waals surface area contributed by atoms with Crippen LogP contribution in [0.3, 0.4) is 0 Å². The topological polar surface area (TPSA) is 72.5 Å². The number of hydrogen-bond acceptors (Lipinski definition) is 4. The molecule has 0 aliphatic carbocycles. The van der Waals surface area contributed by atoms with Crippen LogP contribution in [0.5, 0.6) is 11.5 Å². The molecular weight excluding hydrogens is 314 g/mol. The summed E-state index contributed by atoms with van der Waals surface area (Å²) in [5.41, 5.74) is 8.41. The fourth-order valence-corrected chi connectivity index (χ4v) is 2.46. The van der Waals surface area contributed by atoms with E-state index in [1.54, 1.807) is 36.4 Å². The second-order valence-corrected chi connectivity index (χ2v) is 6.59. The summed E-state index contributed by atoms with van der Waals surface area (Å²) in [5.74, 6) is 0.800. The Labute approximate surface area is 148 Å². The summed E-state index contributed by atoms with van der Waals surface area (Å²) in [7, 11) is 0.